The molecule has 31 heavy (non-hydrogen) atoms. The minimum Gasteiger partial charge on any atom is -0.325 e. The topological polar surface area (TPSA) is 126 Å². The lowest BCUT2D eigenvalue weighted by Gasteiger charge is -2.09. The van der Waals surface area contributed by atoms with Gasteiger partial charge in [0.2, 0.25) is 11.8 Å². The van der Waals surface area contributed by atoms with Gasteiger partial charge in [-0.2, -0.15) is 5.10 Å². The molecule has 0 aliphatic carbocycles. The smallest absolute Gasteiger partial charge is 0.269 e. The molecule has 1 heterocycles. The van der Waals surface area contributed by atoms with Gasteiger partial charge in [-0.3, -0.25) is 19.7 Å². The van der Waals surface area contributed by atoms with Gasteiger partial charge in [0.15, 0.2) is 5.17 Å². The maximum absolute atomic E-state index is 12.3. The van der Waals surface area contributed by atoms with Gasteiger partial charge in [-0.05, 0) is 42.8 Å². The third-order valence-corrected chi connectivity index (χ3v) is 5.76. The van der Waals surface area contributed by atoms with Crippen LogP contribution in [0.2, 0.25) is 10.0 Å². The maximum Gasteiger partial charge on any atom is 0.269 e. The van der Waals surface area contributed by atoms with Crippen LogP contribution in [-0.2, 0) is 9.59 Å². The van der Waals surface area contributed by atoms with Crippen molar-refractivity contribution in [1.29, 1.82) is 0 Å². The standard InChI is InChI=1S/C19H15Cl2N5O4S/c1-10(11-2-5-13(6-3-11)26(29)30)24-25-19-23-18(28)16(31-19)9-17(27)22-15-7-4-12(20)8-14(15)21/h2-8,16H,9H2,1H3,(H,22,27)(H,23,25,28)/b24-10+. The van der Waals surface area contributed by atoms with Crippen LogP contribution in [0.3, 0.4) is 0 Å². The Morgan fingerprint density at radius 3 is 2.61 bits per heavy atom. The Kier molecular flexibility index (Phi) is 7.26. The maximum atomic E-state index is 12.3. The van der Waals surface area contributed by atoms with E-state index < -0.39 is 10.2 Å². The molecule has 160 valence electrons. The van der Waals surface area contributed by atoms with Crippen LogP contribution in [0.15, 0.2) is 52.7 Å². The highest BCUT2D eigenvalue weighted by Crippen LogP contribution is 2.27. The van der Waals surface area contributed by atoms with Crippen molar-refractivity contribution in [2.24, 2.45) is 10.2 Å². The van der Waals surface area contributed by atoms with E-state index in [1.54, 1.807) is 31.2 Å². The highest BCUT2D eigenvalue weighted by Gasteiger charge is 2.32. The summed E-state index contributed by atoms with van der Waals surface area (Å²) < 4.78 is 0. The molecule has 1 unspecified atom stereocenters. The summed E-state index contributed by atoms with van der Waals surface area (Å²) in [5.74, 6) is -0.743. The minimum atomic E-state index is -0.667. The first-order valence-electron chi connectivity index (χ1n) is 8.82. The van der Waals surface area contributed by atoms with E-state index in [-0.39, 0.29) is 29.1 Å². The highest BCUT2D eigenvalue weighted by molar-refractivity contribution is 8.15. The Morgan fingerprint density at radius 1 is 1.26 bits per heavy atom. The van der Waals surface area contributed by atoms with Crippen molar-refractivity contribution in [1.82, 2.24) is 5.32 Å². The van der Waals surface area contributed by atoms with E-state index in [9.17, 15) is 19.7 Å². The molecule has 3 rings (SSSR count). The second kappa shape index (κ2) is 9.90. The van der Waals surface area contributed by atoms with E-state index in [0.717, 1.165) is 11.8 Å². The molecular formula is C19H15Cl2N5O4S. The Labute approximate surface area is 191 Å². The second-order valence-electron chi connectivity index (χ2n) is 6.37. The summed E-state index contributed by atoms with van der Waals surface area (Å²) in [5.41, 5.74) is 1.54. The Morgan fingerprint density at radius 2 is 1.97 bits per heavy atom. The minimum absolute atomic E-state index is 0.0255. The predicted octanol–water partition coefficient (Wildman–Crippen LogP) is 4.24. The summed E-state index contributed by atoms with van der Waals surface area (Å²) in [7, 11) is 0. The lowest BCUT2D eigenvalue weighted by Crippen LogP contribution is -2.28. The lowest BCUT2D eigenvalue weighted by atomic mass is 10.1. The Bertz CT molecular complexity index is 1100. The number of hydrogen-bond acceptors (Lipinski definition) is 7. The molecule has 0 bridgehead atoms. The Hall–Kier alpha value is -2.95. The monoisotopic (exact) mass is 479 g/mol. The van der Waals surface area contributed by atoms with Crippen molar-refractivity contribution in [3.05, 3.63) is 68.2 Å². The third kappa shape index (κ3) is 6.03. The molecule has 0 aromatic heterocycles. The summed E-state index contributed by atoms with van der Waals surface area (Å²) >= 11 is 13.0. The number of nitrogens with one attached hydrogen (secondary N) is 2. The molecule has 2 aromatic carbocycles. The lowest BCUT2D eigenvalue weighted by molar-refractivity contribution is -0.384. The van der Waals surface area contributed by atoms with Gasteiger partial charge in [0.25, 0.3) is 5.69 Å². The van der Waals surface area contributed by atoms with Crippen LogP contribution in [0.25, 0.3) is 0 Å². The molecule has 1 aliphatic heterocycles. The van der Waals surface area contributed by atoms with Crippen molar-refractivity contribution in [2.45, 2.75) is 18.6 Å². The molecule has 12 heteroatoms. The molecule has 1 fully saturated rings. The van der Waals surface area contributed by atoms with Crippen molar-refractivity contribution in [3.8, 4) is 0 Å². The van der Waals surface area contributed by atoms with Crippen molar-refractivity contribution in [3.63, 3.8) is 0 Å². The molecule has 0 saturated carbocycles. The first-order valence-corrected chi connectivity index (χ1v) is 10.5. The van der Waals surface area contributed by atoms with Gasteiger partial charge in [0.05, 0.1) is 21.3 Å². The first kappa shape index (κ1) is 22.7. The molecule has 0 spiro atoms. The molecule has 2 N–H and O–H groups in total. The van der Waals surface area contributed by atoms with Gasteiger partial charge in [-0.25, -0.2) is 0 Å². The van der Waals surface area contributed by atoms with E-state index in [1.807, 2.05) is 0 Å². The van der Waals surface area contributed by atoms with Gasteiger partial charge < -0.3 is 10.6 Å². The number of rotatable bonds is 6. The van der Waals surface area contributed by atoms with Crippen molar-refractivity contribution >= 4 is 69.0 Å². The summed E-state index contributed by atoms with van der Waals surface area (Å²) in [6.07, 6.45) is -0.0838. The zero-order valence-electron chi connectivity index (χ0n) is 16.0. The summed E-state index contributed by atoms with van der Waals surface area (Å²) in [4.78, 5) is 34.7. The normalized spacial score (nSPS) is 17.5. The fourth-order valence-electron chi connectivity index (χ4n) is 2.55. The van der Waals surface area contributed by atoms with Crippen LogP contribution in [0.1, 0.15) is 18.9 Å². The number of anilines is 1. The number of benzene rings is 2. The molecular weight excluding hydrogens is 465 g/mol. The van der Waals surface area contributed by atoms with Gasteiger partial charge in [-0.15, -0.1) is 5.10 Å². The summed E-state index contributed by atoms with van der Waals surface area (Å²) in [6.45, 7) is 1.69. The van der Waals surface area contributed by atoms with Gasteiger partial charge in [-0.1, -0.05) is 35.0 Å². The summed E-state index contributed by atoms with van der Waals surface area (Å²) in [6, 6.07) is 10.5. The molecule has 1 aliphatic rings. The number of amidine groups is 1. The number of nitro groups is 1. The number of halogens is 2. The van der Waals surface area contributed by atoms with E-state index >= 15 is 0 Å². The molecule has 2 aromatic rings. The number of carbonyl (C=O) groups excluding carboxylic acids is 2. The van der Waals surface area contributed by atoms with Crippen LogP contribution in [0.4, 0.5) is 11.4 Å². The molecule has 1 saturated heterocycles. The van der Waals surface area contributed by atoms with E-state index in [0.29, 0.717) is 27.0 Å². The quantitative estimate of drug-likeness (QED) is 0.363. The second-order valence-corrected chi connectivity index (χ2v) is 8.40. The number of hydrogen-bond donors (Lipinski definition) is 2. The largest absolute Gasteiger partial charge is 0.325 e. The fraction of sp³-hybridized carbons (Fsp3) is 0.158. The Balaban J connectivity index is 1.61. The number of carbonyl (C=O) groups is 2. The van der Waals surface area contributed by atoms with Crippen LogP contribution < -0.4 is 10.6 Å². The molecule has 0 radical (unpaired) electrons. The van der Waals surface area contributed by atoms with E-state index in [4.69, 9.17) is 23.2 Å². The predicted molar refractivity (Wildman–Crippen MR) is 122 cm³/mol. The molecule has 9 nitrogen and oxygen atoms in total. The molecule has 2 amide bonds. The van der Waals surface area contributed by atoms with E-state index in [1.165, 1.54) is 18.2 Å². The first-order chi connectivity index (χ1) is 14.7. The van der Waals surface area contributed by atoms with E-state index in [2.05, 4.69) is 20.8 Å². The van der Waals surface area contributed by atoms with Gasteiger partial charge in [0, 0.05) is 23.6 Å². The number of amides is 2. The SMILES string of the molecule is C/C(=N\N=C1\NC(=O)C(CC(=O)Nc2ccc(Cl)cc2Cl)S1)c1ccc([N+](=O)[O-])cc1. The number of thioether (sulfide) groups is 1. The van der Waals surface area contributed by atoms with Crippen LogP contribution in [0.5, 0.6) is 0 Å². The highest BCUT2D eigenvalue weighted by atomic mass is 35.5. The van der Waals surface area contributed by atoms with Crippen molar-refractivity contribution in [2.75, 3.05) is 5.32 Å². The third-order valence-electron chi connectivity index (χ3n) is 4.14. The fourth-order valence-corrected chi connectivity index (χ4v) is 3.92. The summed E-state index contributed by atoms with van der Waals surface area (Å²) in [5, 5.41) is 24.3. The van der Waals surface area contributed by atoms with Crippen LogP contribution in [0, 0.1) is 10.1 Å². The van der Waals surface area contributed by atoms with Crippen LogP contribution in [-0.4, -0.2) is 32.9 Å². The van der Waals surface area contributed by atoms with Crippen molar-refractivity contribution < 1.29 is 14.5 Å². The molecule has 1 atom stereocenters. The average molecular weight is 480 g/mol. The number of nitro benzene ring substituents is 1. The van der Waals surface area contributed by atoms with Crippen LogP contribution >= 0.6 is 35.0 Å². The van der Waals surface area contributed by atoms with Gasteiger partial charge in [0.1, 0.15) is 5.25 Å². The average Bonchev–Trinajstić information content (AvgIpc) is 3.07. The number of nitrogens with zero attached hydrogens (tertiary/aromatic N) is 3. The zero-order chi connectivity index (χ0) is 22.5. The van der Waals surface area contributed by atoms with Gasteiger partial charge >= 0.3 is 0 Å². The number of non-ortho nitro benzene ring substituents is 1. The zero-order valence-corrected chi connectivity index (χ0v) is 18.3.